The van der Waals surface area contributed by atoms with E-state index in [4.69, 9.17) is 0 Å². The minimum absolute atomic E-state index is 0. The number of halogens is 1. The van der Waals surface area contributed by atoms with Crippen molar-refractivity contribution in [2.75, 3.05) is 19.8 Å². The second-order valence-electron chi connectivity index (χ2n) is 6.14. The van der Waals surface area contributed by atoms with E-state index in [-0.39, 0.29) is 24.0 Å². The van der Waals surface area contributed by atoms with E-state index in [1.165, 1.54) is 17.4 Å². The summed E-state index contributed by atoms with van der Waals surface area (Å²) in [4.78, 5) is 4.60. The van der Waals surface area contributed by atoms with Gasteiger partial charge in [-0.2, -0.15) is 0 Å². The van der Waals surface area contributed by atoms with Crippen molar-refractivity contribution in [3.8, 4) is 0 Å². The van der Waals surface area contributed by atoms with Gasteiger partial charge in [0.05, 0.1) is 4.90 Å². The maximum absolute atomic E-state index is 11.5. The molecule has 0 spiro atoms. The Kier molecular flexibility index (Phi) is 9.79. The average molecular weight is 501 g/mol. The first-order valence-corrected chi connectivity index (χ1v) is 10.6. The third kappa shape index (κ3) is 7.50. The maximum atomic E-state index is 11.5. The maximum Gasteiger partial charge on any atom is 0.191 e. The van der Waals surface area contributed by atoms with Crippen molar-refractivity contribution in [1.29, 1.82) is 0 Å². The van der Waals surface area contributed by atoms with Gasteiger partial charge in [-0.1, -0.05) is 43.3 Å². The molecule has 2 N–H and O–H groups in total. The smallest absolute Gasteiger partial charge is 0.191 e. The van der Waals surface area contributed by atoms with Crippen LogP contribution in [0.4, 0.5) is 0 Å². The van der Waals surface area contributed by atoms with Crippen molar-refractivity contribution in [2.45, 2.75) is 31.2 Å². The Hall–Kier alpha value is -1.61. The summed E-state index contributed by atoms with van der Waals surface area (Å²) in [5.74, 6) is 0.753. The number of sulfone groups is 1. The summed E-state index contributed by atoms with van der Waals surface area (Å²) in [7, 11) is -1.39. The number of hydrogen-bond acceptors (Lipinski definition) is 3. The molecule has 0 aliphatic rings. The molecule has 27 heavy (non-hydrogen) atoms. The summed E-state index contributed by atoms with van der Waals surface area (Å²) in [5.41, 5.74) is 3.69. The van der Waals surface area contributed by atoms with Gasteiger partial charge >= 0.3 is 0 Å². The molecule has 0 saturated heterocycles. The van der Waals surface area contributed by atoms with E-state index in [1.807, 2.05) is 18.2 Å². The van der Waals surface area contributed by atoms with Crippen molar-refractivity contribution < 1.29 is 8.42 Å². The molecule has 2 aromatic rings. The van der Waals surface area contributed by atoms with Crippen LogP contribution in [0.3, 0.4) is 0 Å². The zero-order chi connectivity index (χ0) is 19.0. The summed E-state index contributed by atoms with van der Waals surface area (Å²) in [6, 6.07) is 15.4. The molecule has 0 aromatic heterocycles. The third-order valence-corrected chi connectivity index (χ3v) is 5.36. The van der Waals surface area contributed by atoms with Crippen LogP contribution in [-0.2, 0) is 29.2 Å². The molecule has 0 amide bonds. The second kappa shape index (κ2) is 11.3. The number of rotatable bonds is 7. The highest BCUT2D eigenvalue weighted by molar-refractivity contribution is 14.0. The predicted octanol–water partition coefficient (Wildman–Crippen LogP) is 3.18. The van der Waals surface area contributed by atoms with Gasteiger partial charge < -0.3 is 10.6 Å². The lowest BCUT2D eigenvalue weighted by Gasteiger charge is -2.14. The van der Waals surface area contributed by atoms with Gasteiger partial charge in [-0.25, -0.2) is 8.42 Å². The van der Waals surface area contributed by atoms with Crippen LogP contribution >= 0.6 is 24.0 Å². The van der Waals surface area contributed by atoms with Crippen LogP contribution < -0.4 is 10.6 Å². The quantitative estimate of drug-likeness (QED) is 0.348. The molecule has 0 atom stereocenters. The Bertz CT molecular complexity index is 850. The van der Waals surface area contributed by atoms with Crippen LogP contribution in [0.1, 0.15) is 23.6 Å². The van der Waals surface area contributed by atoms with Crippen molar-refractivity contribution in [3.63, 3.8) is 0 Å². The van der Waals surface area contributed by atoms with Gasteiger partial charge in [-0.15, -0.1) is 24.0 Å². The second-order valence-corrected chi connectivity index (χ2v) is 8.16. The molecule has 0 saturated carbocycles. The summed E-state index contributed by atoms with van der Waals surface area (Å²) < 4.78 is 23.0. The summed E-state index contributed by atoms with van der Waals surface area (Å²) in [6.07, 6.45) is 3.01. The molecule has 0 aliphatic carbocycles. The average Bonchev–Trinajstić information content (AvgIpc) is 2.64. The first-order chi connectivity index (χ1) is 12.4. The van der Waals surface area contributed by atoms with Crippen LogP contribution in [0, 0.1) is 0 Å². The molecule has 0 unspecified atom stereocenters. The first kappa shape index (κ1) is 23.4. The van der Waals surface area contributed by atoms with Gasteiger partial charge in [-0.05, 0) is 41.7 Å². The largest absolute Gasteiger partial charge is 0.356 e. The minimum Gasteiger partial charge on any atom is -0.356 e. The zero-order valence-electron chi connectivity index (χ0n) is 16.0. The van der Waals surface area contributed by atoms with Crippen molar-refractivity contribution in [1.82, 2.24) is 10.6 Å². The number of aryl methyl sites for hydroxylation is 1. The SMILES string of the molecule is CCc1ccccc1CNC(=NC)NCCc1ccc(S(C)(=O)=O)cc1.I. The fourth-order valence-corrected chi connectivity index (χ4v) is 3.33. The van der Waals surface area contributed by atoms with E-state index >= 15 is 0 Å². The fraction of sp³-hybridized carbons (Fsp3) is 0.350. The molecule has 0 radical (unpaired) electrons. The van der Waals surface area contributed by atoms with E-state index in [0.29, 0.717) is 11.4 Å². The third-order valence-electron chi connectivity index (χ3n) is 4.23. The Labute approximate surface area is 179 Å². The van der Waals surface area contributed by atoms with Gasteiger partial charge in [0.1, 0.15) is 0 Å². The molecule has 0 bridgehead atoms. The Morgan fingerprint density at radius 3 is 2.19 bits per heavy atom. The molecule has 7 heteroatoms. The summed E-state index contributed by atoms with van der Waals surface area (Å²) in [5, 5.41) is 6.63. The highest BCUT2D eigenvalue weighted by atomic mass is 127. The molecule has 2 aromatic carbocycles. The van der Waals surface area contributed by atoms with Crippen LogP contribution in [0.15, 0.2) is 58.4 Å². The molecular formula is C20H28IN3O2S. The standard InChI is InChI=1S/C20H27N3O2S.HI/c1-4-17-7-5-6-8-18(17)15-23-20(21-2)22-14-13-16-9-11-19(12-10-16)26(3,24)25;/h5-12H,4,13-15H2,1-3H3,(H2,21,22,23);1H. The van der Waals surface area contributed by atoms with Crippen molar-refractivity contribution in [3.05, 3.63) is 65.2 Å². The Morgan fingerprint density at radius 2 is 1.63 bits per heavy atom. The van der Waals surface area contributed by atoms with Gasteiger partial charge in [0.15, 0.2) is 15.8 Å². The van der Waals surface area contributed by atoms with Crippen LogP contribution in [0.25, 0.3) is 0 Å². The molecule has 5 nitrogen and oxygen atoms in total. The Morgan fingerprint density at radius 1 is 1.00 bits per heavy atom. The molecule has 2 rings (SSSR count). The van der Waals surface area contributed by atoms with Crippen molar-refractivity contribution >= 4 is 39.8 Å². The summed E-state index contributed by atoms with van der Waals surface area (Å²) >= 11 is 0. The lowest BCUT2D eigenvalue weighted by atomic mass is 10.1. The highest BCUT2D eigenvalue weighted by Gasteiger charge is 2.06. The van der Waals surface area contributed by atoms with Crippen LogP contribution in [0.2, 0.25) is 0 Å². The minimum atomic E-state index is -3.14. The number of nitrogens with zero attached hydrogens (tertiary/aromatic N) is 1. The highest BCUT2D eigenvalue weighted by Crippen LogP contribution is 2.11. The molecular weight excluding hydrogens is 473 g/mol. The number of nitrogens with one attached hydrogen (secondary N) is 2. The van der Waals surface area contributed by atoms with Gasteiger partial charge in [0.25, 0.3) is 0 Å². The van der Waals surface area contributed by atoms with E-state index < -0.39 is 9.84 Å². The molecule has 148 valence electrons. The summed E-state index contributed by atoms with van der Waals surface area (Å²) in [6.45, 7) is 3.60. The topological polar surface area (TPSA) is 70.6 Å². The van der Waals surface area contributed by atoms with Gasteiger partial charge in [0, 0.05) is 26.4 Å². The number of guanidine groups is 1. The Balaban J connectivity index is 0.00000364. The number of aliphatic imine (C=N–C) groups is 1. The van der Waals surface area contributed by atoms with Gasteiger partial charge in [-0.3, -0.25) is 4.99 Å². The monoisotopic (exact) mass is 501 g/mol. The van der Waals surface area contributed by atoms with E-state index in [1.54, 1.807) is 19.2 Å². The van der Waals surface area contributed by atoms with E-state index in [0.717, 1.165) is 30.9 Å². The van der Waals surface area contributed by atoms with E-state index in [9.17, 15) is 8.42 Å². The molecule has 0 aliphatic heterocycles. The lowest BCUT2D eigenvalue weighted by Crippen LogP contribution is -2.38. The van der Waals surface area contributed by atoms with Crippen LogP contribution in [0.5, 0.6) is 0 Å². The normalized spacial score (nSPS) is 11.6. The molecule has 0 fully saturated rings. The lowest BCUT2D eigenvalue weighted by molar-refractivity contribution is 0.602. The van der Waals surface area contributed by atoms with Crippen LogP contribution in [-0.4, -0.2) is 34.2 Å². The van der Waals surface area contributed by atoms with Gasteiger partial charge in [0.2, 0.25) is 0 Å². The first-order valence-electron chi connectivity index (χ1n) is 8.74. The number of hydrogen-bond donors (Lipinski definition) is 2. The predicted molar refractivity (Wildman–Crippen MR) is 123 cm³/mol. The van der Waals surface area contributed by atoms with E-state index in [2.05, 4.69) is 40.7 Å². The zero-order valence-corrected chi connectivity index (χ0v) is 19.2. The number of benzene rings is 2. The molecule has 0 heterocycles. The van der Waals surface area contributed by atoms with Crippen molar-refractivity contribution in [2.24, 2.45) is 4.99 Å². The fourth-order valence-electron chi connectivity index (χ4n) is 2.70.